The van der Waals surface area contributed by atoms with Gasteiger partial charge in [0.1, 0.15) is 18.2 Å². The highest BCUT2D eigenvalue weighted by atomic mass is 35.5. The number of ether oxygens (including phenoxy) is 1. The fraction of sp³-hybridized carbons (Fsp3) is 0.154. The first kappa shape index (κ1) is 23.1. The Morgan fingerprint density at radius 3 is 2.32 bits per heavy atom. The highest BCUT2D eigenvalue weighted by Crippen LogP contribution is 2.29. The van der Waals surface area contributed by atoms with Gasteiger partial charge in [0, 0.05) is 22.7 Å². The van der Waals surface area contributed by atoms with Crippen molar-refractivity contribution in [3.8, 4) is 5.75 Å². The first-order chi connectivity index (χ1) is 14.7. The van der Waals surface area contributed by atoms with Crippen molar-refractivity contribution in [2.75, 3.05) is 6.54 Å². The maximum atomic E-state index is 13.8. The standard InChI is InChI=1S/C26H23ClFNO.ClH/c27-24-11-5-2-9-21(24)18-30-26-14-13-19-7-1-4-10-22(19)23(26)17-29-16-15-20-8-3-6-12-25(20)28;/h1-14,29H,15-18H2;1H. The van der Waals surface area contributed by atoms with Crippen LogP contribution in [0.3, 0.4) is 0 Å². The lowest BCUT2D eigenvalue weighted by Crippen LogP contribution is -2.18. The highest BCUT2D eigenvalue weighted by molar-refractivity contribution is 6.31. The van der Waals surface area contributed by atoms with Crippen molar-refractivity contribution in [2.24, 2.45) is 0 Å². The molecule has 0 aromatic heterocycles. The number of rotatable bonds is 8. The second-order valence-corrected chi connectivity index (χ2v) is 7.57. The molecule has 0 fully saturated rings. The van der Waals surface area contributed by atoms with E-state index < -0.39 is 0 Å². The van der Waals surface area contributed by atoms with Gasteiger partial charge in [-0.15, -0.1) is 12.4 Å². The van der Waals surface area contributed by atoms with Crippen LogP contribution in [0.2, 0.25) is 5.02 Å². The molecule has 160 valence electrons. The Labute approximate surface area is 193 Å². The molecule has 31 heavy (non-hydrogen) atoms. The molecule has 0 saturated heterocycles. The van der Waals surface area contributed by atoms with Crippen LogP contribution >= 0.6 is 24.0 Å². The number of benzene rings is 4. The summed E-state index contributed by atoms with van der Waals surface area (Å²) < 4.78 is 20.0. The van der Waals surface area contributed by atoms with Crippen LogP contribution in [0.25, 0.3) is 10.8 Å². The minimum atomic E-state index is -0.159. The van der Waals surface area contributed by atoms with Crippen LogP contribution in [0, 0.1) is 5.82 Å². The van der Waals surface area contributed by atoms with E-state index in [9.17, 15) is 4.39 Å². The van der Waals surface area contributed by atoms with Gasteiger partial charge < -0.3 is 10.1 Å². The van der Waals surface area contributed by atoms with Gasteiger partial charge in [0.2, 0.25) is 0 Å². The monoisotopic (exact) mass is 455 g/mol. The zero-order valence-electron chi connectivity index (χ0n) is 17.0. The highest BCUT2D eigenvalue weighted by Gasteiger charge is 2.10. The smallest absolute Gasteiger partial charge is 0.126 e. The van der Waals surface area contributed by atoms with E-state index in [1.54, 1.807) is 6.07 Å². The summed E-state index contributed by atoms with van der Waals surface area (Å²) in [4.78, 5) is 0. The van der Waals surface area contributed by atoms with Gasteiger partial charge in [-0.2, -0.15) is 0 Å². The lowest BCUT2D eigenvalue weighted by Gasteiger charge is -2.16. The molecule has 1 N–H and O–H groups in total. The van der Waals surface area contributed by atoms with Gasteiger partial charge in [0.15, 0.2) is 0 Å². The van der Waals surface area contributed by atoms with Gasteiger partial charge in [0.05, 0.1) is 0 Å². The molecular formula is C26H24Cl2FNO. The van der Waals surface area contributed by atoms with Gasteiger partial charge in [-0.1, -0.05) is 78.3 Å². The quantitative estimate of drug-likeness (QED) is 0.289. The molecule has 0 amide bonds. The molecule has 5 heteroatoms. The third-order valence-corrected chi connectivity index (χ3v) is 5.54. The SMILES string of the molecule is Cl.Fc1ccccc1CCNCc1c(OCc2ccccc2Cl)ccc2ccccc12. The van der Waals surface area contributed by atoms with E-state index in [1.165, 1.54) is 6.07 Å². The fourth-order valence-corrected chi connectivity index (χ4v) is 3.73. The van der Waals surface area contributed by atoms with Gasteiger partial charge in [-0.05, 0) is 47.5 Å². The first-order valence-corrected chi connectivity index (χ1v) is 10.4. The van der Waals surface area contributed by atoms with E-state index in [0.29, 0.717) is 31.1 Å². The summed E-state index contributed by atoms with van der Waals surface area (Å²) in [7, 11) is 0. The van der Waals surface area contributed by atoms with Gasteiger partial charge in [0.25, 0.3) is 0 Å². The summed E-state index contributed by atoms with van der Waals surface area (Å²) >= 11 is 6.28. The third-order valence-electron chi connectivity index (χ3n) is 5.17. The molecule has 0 atom stereocenters. The normalized spacial score (nSPS) is 10.6. The van der Waals surface area contributed by atoms with Crippen LogP contribution in [0.1, 0.15) is 16.7 Å². The molecule has 0 aliphatic heterocycles. The molecular weight excluding hydrogens is 432 g/mol. The largest absolute Gasteiger partial charge is 0.488 e. The Morgan fingerprint density at radius 2 is 1.52 bits per heavy atom. The maximum Gasteiger partial charge on any atom is 0.126 e. The molecule has 0 bridgehead atoms. The summed E-state index contributed by atoms with van der Waals surface area (Å²) in [6, 6.07) is 26.9. The summed E-state index contributed by atoms with van der Waals surface area (Å²) in [6.07, 6.45) is 0.632. The van der Waals surface area contributed by atoms with Crippen molar-refractivity contribution in [3.05, 3.63) is 112 Å². The van der Waals surface area contributed by atoms with Crippen LogP contribution in [0.5, 0.6) is 5.75 Å². The van der Waals surface area contributed by atoms with E-state index >= 15 is 0 Å². The van der Waals surface area contributed by atoms with Crippen molar-refractivity contribution < 1.29 is 9.13 Å². The van der Waals surface area contributed by atoms with Crippen molar-refractivity contribution in [1.29, 1.82) is 0 Å². The van der Waals surface area contributed by atoms with Crippen LogP contribution < -0.4 is 10.1 Å². The average Bonchev–Trinajstić information content (AvgIpc) is 2.77. The average molecular weight is 456 g/mol. The van der Waals surface area contributed by atoms with Crippen LogP contribution in [-0.4, -0.2) is 6.54 Å². The molecule has 0 unspecified atom stereocenters. The summed E-state index contributed by atoms with van der Waals surface area (Å²) in [5.74, 6) is 0.667. The number of hydrogen-bond donors (Lipinski definition) is 1. The van der Waals surface area contributed by atoms with Gasteiger partial charge >= 0.3 is 0 Å². The summed E-state index contributed by atoms with van der Waals surface area (Å²) in [5, 5.41) is 6.45. The molecule has 2 nitrogen and oxygen atoms in total. The van der Waals surface area contributed by atoms with Crippen molar-refractivity contribution in [1.82, 2.24) is 5.32 Å². The van der Waals surface area contributed by atoms with Crippen molar-refractivity contribution in [3.63, 3.8) is 0 Å². The molecule has 0 heterocycles. The summed E-state index contributed by atoms with van der Waals surface area (Å²) in [5.41, 5.74) is 2.76. The Hall–Kier alpha value is -2.59. The topological polar surface area (TPSA) is 21.3 Å². The molecule has 4 aromatic carbocycles. The minimum Gasteiger partial charge on any atom is -0.488 e. The number of hydrogen-bond acceptors (Lipinski definition) is 2. The second kappa shape index (κ2) is 11.1. The second-order valence-electron chi connectivity index (χ2n) is 7.16. The molecule has 0 aliphatic carbocycles. The molecule has 0 saturated carbocycles. The van der Waals surface area contributed by atoms with E-state index in [-0.39, 0.29) is 18.2 Å². The van der Waals surface area contributed by atoms with E-state index in [4.69, 9.17) is 16.3 Å². The Morgan fingerprint density at radius 1 is 0.806 bits per heavy atom. The van der Waals surface area contributed by atoms with Crippen molar-refractivity contribution in [2.45, 2.75) is 19.6 Å². The number of nitrogens with one attached hydrogen (secondary N) is 1. The summed E-state index contributed by atoms with van der Waals surface area (Å²) in [6.45, 7) is 1.71. The predicted molar refractivity (Wildman–Crippen MR) is 129 cm³/mol. The molecule has 4 rings (SSSR count). The third kappa shape index (κ3) is 5.76. The maximum absolute atomic E-state index is 13.8. The van der Waals surface area contributed by atoms with E-state index in [1.807, 2.05) is 54.6 Å². The Kier molecular flexibility index (Phi) is 8.30. The van der Waals surface area contributed by atoms with E-state index in [2.05, 4.69) is 23.5 Å². The first-order valence-electron chi connectivity index (χ1n) is 10.0. The Balaban J connectivity index is 0.00000272. The zero-order chi connectivity index (χ0) is 20.8. The van der Waals surface area contributed by atoms with Crippen LogP contribution in [0.15, 0.2) is 84.9 Å². The van der Waals surface area contributed by atoms with Crippen LogP contribution in [-0.2, 0) is 19.6 Å². The molecule has 4 aromatic rings. The zero-order valence-corrected chi connectivity index (χ0v) is 18.6. The van der Waals surface area contributed by atoms with Crippen LogP contribution in [0.4, 0.5) is 4.39 Å². The van der Waals surface area contributed by atoms with E-state index in [0.717, 1.165) is 33.2 Å². The van der Waals surface area contributed by atoms with Crippen molar-refractivity contribution >= 4 is 34.8 Å². The fourth-order valence-electron chi connectivity index (χ4n) is 3.54. The molecule has 0 radical (unpaired) electrons. The number of fused-ring (bicyclic) bond motifs is 1. The molecule has 0 spiro atoms. The predicted octanol–water partition coefficient (Wildman–Crippen LogP) is 6.97. The van der Waals surface area contributed by atoms with Gasteiger partial charge in [-0.25, -0.2) is 4.39 Å². The minimum absolute atomic E-state index is 0. The lowest BCUT2D eigenvalue weighted by molar-refractivity contribution is 0.303. The van der Waals surface area contributed by atoms with Gasteiger partial charge in [-0.3, -0.25) is 0 Å². The Bertz CT molecular complexity index is 1150. The number of halogens is 3. The molecule has 0 aliphatic rings. The lowest BCUT2D eigenvalue weighted by atomic mass is 10.0.